The third-order valence-electron chi connectivity index (χ3n) is 1.34. The lowest BCUT2D eigenvalue weighted by atomic mass is 10.2. The Morgan fingerprint density at radius 1 is 1.50 bits per heavy atom. The highest BCUT2D eigenvalue weighted by Crippen LogP contribution is 2.22. The first-order valence-corrected chi connectivity index (χ1v) is 3.09. The minimum Gasteiger partial charge on any atom is -0.507 e. The summed E-state index contributed by atoms with van der Waals surface area (Å²) in [6, 6.07) is 3.68. The second-order valence-corrected chi connectivity index (χ2v) is 2.12. The highest BCUT2D eigenvalue weighted by atomic mass is 16.4. The fraction of sp³-hybridized carbons (Fsp3) is 0. The lowest BCUT2D eigenvalue weighted by Crippen LogP contribution is -1.95. The van der Waals surface area contributed by atoms with Crippen LogP contribution in [0, 0.1) is 6.57 Å². The molecule has 0 aliphatic heterocycles. The Morgan fingerprint density at radius 2 is 2.17 bits per heavy atom. The van der Waals surface area contributed by atoms with Gasteiger partial charge in [-0.1, -0.05) is 6.07 Å². The number of nitrogens with zero attached hydrogens (tertiary/aromatic N) is 1. The molecule has 0 radical (unpaired) electrons. The summed E-state index contributed by atoms with van der Waals surface area (Å²) in [6.45, 7) is 6.60. The molecule has 0 saturated carbocycles. The first-order chi connectivity index (χ1) is 5.65. The molecule has 12 heavy (non-hydrogen) atoms. The molecule has 2 N–H and O–H groups in total. The molecule has 60 valence electrons. The van der Waals surface area contributed by atoms with Crippen LogP contribution >= 0.6 is 0 Å². The summed E-state index contributed by atoms with van der Waals surface area (Å²) in [7, 11) is 0. The minimum absolute atomic E-state index is 0.199. The molecular formula is C8H5NO3. The molecule has 1 aromatic carbocycles. The Labute approximate surface area is 68.5 Å². The topological polar surface area (TPSA) is 61.9 Å². The Bertz CT molecular complexity index is 365. The second kappa shape index (κ2) is 2.93. The van der Waals surface area contributed by atoms with E-state index >= 15 is 0 Å². The van der Waals surface area contributed by atoms with Crippen molar-refractivity contribution < 1.29 is 15.0 Å². The molecule has 0 aromatic heterocycles. The van der Waals surface area contributed by atoms with Gasteiger partial charge in [0.25, 0.3) is 0 Å². The molecule has 0 fully saturated rings. The fourth-order valence-electron chi connectivity index (χ4n) is 0.765. The maximum atomic E-state index is 10.4. The Kier molecular flexibility index (Phi) is 1.97. The van der Waals surface area contributed by atoms with E-state index in [1.165, 1.54) is 12.1 Å². The smallest absolute Gasteiger partial charge is 0.338 e. The highest BCUT2D eigenvalue weighted by molar-refractivity contribution is 5.92. The lowest BCUT2D eigenvalue weighted by molar-refractivity contribution is 0.0694. The van der Waals surface area contributed by atoms with Crippen molar-refractivity contribution >= 4 is 11.7 Å². The van der Waals surface area contributed by atoms with Crippen molar-refractivity contribution in [3.8, 4) is 5.75 Å². The van der Waals surface area contributed by atoms with Gasteiger partial charge in [-0.2, -0.15) is 0 Å². The van der Waals surface area contributed by atoms with E-state index in [4.69, 9.17) is 16.8 Å². The van der Waals surface area contributed by atoms with Crippen molar-refractivity contribution in [1.82, 2.24) is 0 Å². The van der Waals surface area contributed by atoms with E-state index in [1.807, 2.05) is 0 Å². The van der Waals surface area contributed by atoms with Crippen LogP contribution < -0.4 is 0 Å². The number of carboxylic acids is 1. The lowest BCUT2D eigenvalue weighted by Gasteiger charge is -1.98. The van der Waals surface area contributed by atoms with E-state index in [9.17, 15) is 4.79 Å². The van der Waals surface area contributed by atoms with Crippen molar-refractivity contribution in [1.29, 1.82) is 0 Å². The number of rotatable bonds is 1. The van der Waals surface area contributed by atoms with Gasteiger partial charge in [0.15, 0.2) is 5.69 Å². The highest BCUT2D eigenvalue weighted by Gasteiger charge is 2.08. The van der Waals surface area contributed by atoms with Crippen LogP contribution in [0.4, 0.5) is 5.69 Å². The molecule has 0 aliphatic carbocycles. The van der Waals surface area contributed by atoms with E-state index in [0.717, 1.165) is 6.07 Å². The van der Waals surface area contributed by atoms with Gasteiger partial charge in [-0.3, -0.25) is 0 Å². The van der Waals surface area contributed by atoms with Crippen molar-refractivity contribution in [3.05, 3.63) is 35.2 Å². The second-order valence-electron chi connectivity index (χ2n) is 2.12. The van der Waals surface area contributed by atoms with Crippen LogP contribution in [-0.4, -0.2) is 16.2 Å². The monoisotopic (exact) mass is 163 g/mol. The molecule has 0 saturated heterocycles. The average molecular weight is 163 g/mol. The van der Waals surface area contributed by atoms with Crippen LogP contribution in [0.5, 0.6) is 5.75 Å². The van der Waals surface area contributed by atoms with Gasteiger partial charge in [-0.15, -0.1) is 0 Å². The average Bonchev–Trinajstić information content (AvgIpc) is 2.05. The first kappa shape index (κ1) is 8.08. The maximum absolute atomic E-state index is 10.4. The van der Waals surface area contributed by atoms with E-state index in [0.29, 0.717) is 0 Å². The molecule has 0 unspecified atom stereocenters. The molecule has 1 aromatic rings. The molecule has 4 nitrogen and oxygen atoms in total. The van der Waals surface area contributed by atoms with Gasteiger partial charge in [-0.05, 0) is 12.1 Å². The van der Waals surface area contributed by atoms with E-state index < -0.39 is 5.97 Å². The molecule has 1 rings (SSSR count). The fourth-order valence-corrected chi connectivity index (χ4v) is 0.765. The van der Waals surface area contributed by atoms with Gasteiger partial charge >= 0.3 is 5.97 Å². The van der Waals surface area contributed by atoms with Crippen molar-refractivity contribution in [2.75, 3.05) is 0 Å². The van der Waals surface area contributed by atoms with Gasteiger partial charge < -0.3 is 10.2 Å². The van der Waals surface area contributed by atoms with Gasteiger partial charge in [0.1, 0.15) is 5.75 Å². The predicted octanol–water partition coefficient (Wildman–Crippen LogP) is 1.64. The van der Waals surface area contributed by atoms with Crippen LogP contribution in [0.2, 0.25) is 0 Å². The molecule has 4 heteroatoms. The van der Waals surface area contributed by atoms with Gasteiger partial charge in [0, 0.05) is 0 Å². The largest absolute Gasteiger partial charge is 0.507 e. The Hall–Kier alpha value is -2.02. The van der Waals surface area contributed by atoms with Crippen LogP contribution in [-0.2, 0) is 0 Å². The van der Waals surface area contributed by atoms with Crippen molar-refractivity contribution in [2.45, 2.75) is 0 Å². The summed E-state index contributed by atoms with van der Waals surface area (Å²) in [5.41, 5.74) is -0.0475. The number of carboxylic acid groups (broad SMARTS) is 1. The molecule has 0 atom stereocenters. The zero-order chi connectivity index (χ0) is 9.14. The van der Waals surface area contributed by atoms with Crippen LogP contribution in [0.15, 0.2) is 18.2 Å². The van der Waals surface area contributed by atoms with Gasteiger partial charge in [-0.25, -0.2) is 9.64 Å². The van der Waals surface area contributed by atoms with Gasteiger partial charge in [0.2, 0.25) is 0 Å². The maximum Gasteiger partial charge on any atom is 0.338 e. The first-order valence-electron chi connectivity index (χ1n) is 3.09. The summed E-state index contributed by atoms with van der Waals surface area (Å²) < 4.78 is 0. The molecule has 0 amide bonds. The van der Waals surface area contributed by atoms with E-state index in [2.05, 4.69) is 4.85 Å². The number of hydrogen-bond donors (Lipinski definition) is 2. The molecule has 0 aliphatic rings. The van der Waals surface area contributed by atoms with Crippen molar-refractivity contribution in [2.24, 2.45) is 0 Å². The molecule has 0 bridgehead atoms. The number of hydrogen-bond acceptors (Lipinski definition) is 2. The number of aromatic hydroxyl groups is 1. The summed E-state index contributed by atoms with van der Waals surface area (Å²) in [6.07, 6.45) is 0. The van der Waals surface area contributed by atoms with Crippen LogP contribution in [0.1, 0.15) is 10.4 Å². The van der Waals surface area contributed by atoms with Gasteiger partial charge in [0.05, 0.1) is 12.1 Å². The summed E-state index contributed by atoms with van der Waals surface area (Å²) in [5, 5.41) is 17.5. The summed E-state index contributed by atoms with van der Waals surface area (Å²) >= 11 is 0. The summed E-state index contributed by atoms with van der Waals surface area (Å²) in [4.78, 5) is 13.5. The minimum atomic E-state index is -1.24. The Balaban J connectivity index is 3.28. The molecule has 0 heterocycles. The predicted molar refractivity (Wildman–Crippen MR) is 41.3 cm³/mol. The van der Waals surface area contributed by atoms with Crippen molar-refractivity contribution in [3.63, 3.8) is 0 Å². The number of carbonyl (C=O) groups is 1. The zero-order valence-corrected chi connectivity index (χ0v) is 5.98. The third kappa shape index (κ3) is 1.35. The SMILES string of the molecule is [C-]#[N+]c1ccc(O)c(C(=O)O)c1. The summed E-state index contributed by atoms with van der Waals surface area (Å²) in [5.74, 6) is -1.56. The standard InChI is InChI=1S/C8H5NO3/c1-9-5-2-3-7(10)6(4-5)8(11)12/h2-4,10H,(H,11,12). The zero-order valence-electron chi connectivity index (χ0n) is 5.98. The van der Waals surface area contributed by atoms with Crippen LogP contribution in [0.25, 0.3) is 4.85 Å². The molecule has 0 spiro atoms. The van der Waals surface area contributed by atoms with E-state index in [1.54, 1.807) is 0 Å². The van der Waals surface area contributed by atoms with E-state index in [-0.39, 0.29) is 17.0 Å². The molecular weight excluding hydrogens is 158 g/mol. The normalized spacial score (nSPS) is 8.92. The number of phenols is 1. The third-order valence-corrected chi connectivity index (χ3v) is 1.34. The quantitative estimate of drug-likeness (QED) is 0.618. The number of benzene rings is 1. The Morgan fingerprint density at radius 3 is 2.67 bits per heavy atom. The number of aromatic carboxylic acids is 1. The van der Waals surface area contributed by atoms with Crippen LogP contribution in [0.3, 0.4) is 0 Å².